The molecule has 4 aromatic carbocycles. The van der Waals surface area contributed by atoms with E-state index in [1.807, 2.05) is 86.2 Å². The third-order valence-electron chi connectivity index (χ3n) is 18.3. The minimum Gasteiger partial charge on any atom is -0.493 e. The van der Waals surface area contributed by atoms with E-state index in [2.05, 4.69) is 61.2 Å². The summed E-state index contributed by atoms with van der Waals surface area (Å²) in [5.41, 5.74) is 11.0. The van der Waals surface area contributed by atoms with Crippen molar-refractivity contribution in [1.29, 1.82) is 0 Å². The Kier molecular flexibility index (Phi) is 21.5. The first-order valence-electron chi connectivity index (χ1n) is 34.1. The Morgan fingerprint density at radius 3 is 1.33 bits per heavy atom. The summed E-state index contributed by atoms with van der Waals surface area (Å²) >= 11 is 0. The number of methoxy groups -OCH3 is 2. The van der Waals surface area contributed by atoms with Crippen LogP contribution in [0.15, 0.2) is 202 Å². The number of piperidine rings is 1. The van der Waals surface area contributed by atoms with Gasteiger partial charge in [-0.1, -0.05) is 23.8 Å². The van der Waals surface area contributed by atoms with Crippen LogP contribution in [-0.4, -0.2) is 154 Å². The van der Waals surface area contributed by atoms with Crippen molar-refractivity contribution in [2.75, 3.05) is 126 Å². The number of nitro groups is 1. The number of rotatable bonds is 12. The highest BCUT2D eigenvalue weighted by molar-refractivity contribution is 5.69. The van der Waals surface area contributed by atoms with Crippen LogP contribution < -0.4 is 73.0 Å². The molecule has 4 aliphatic rings. The van der Waals surface area contributed by atoms with Crippen molar-refractivity contribution in [3.8, 4) is 56.5 Å². The molecule has 0 atom stereocenters. The first kappa shape index (κ1) is 69.7. The number of hydrogen-bond donors (Lipinski definition) is 5. The number of nitrogens with one attached hydrogen (secondary N) is 5. The molecule has 0 amide bonds. The zero-order valence-electron chi connectivity index (χ0n) is 57.1. The van der Waals surface area contributed by atoms with Crippen LogP contribution in [0, 0.1) is 28.7 Å². The summed E-state index contributed by atoms with van der Waals surface area (Å²) in [4.78, 5) is 85.5. The van der Waals surface area contributed by atoms with E-state index >= 15 is 0 Å². The lowest BCUT2D eigenvalue weighted by atomic mass is 10.1. The molecule has 8 aromatic heterocycles. The van der Waals surface area contributed by atoms with Crippen LogP contribution in [0.1, 0.15) is 18.4 Å². The Balaban J connectivity index is 0.000000123. The van der Waals surface area contributed by atoms with Gasteiger partial charge < -0.3 is 50.8 Å². The summed E-state index contributed by atoms with van der Waals surface area (Å²) in [7, 11) is 3.07. The normalized spacial score (nSPS) is 14.8. The number of non-ortho nitro benzene ring substituents is 1. The maximum absolute atomic E-state index is 14.8. The first-order valence-corrected chi connectivity index (χ1v) is 34.1. The maximum atomic E-state index is 14.8. The average molecular weight is 1390 g/mol. The van der Waals surface area contributed by atoms with Crippen LogP contribution in [0.2, 0.25) is 0 Å². The lowest BCUT2D eigenvalue weighted by Crippen LogP contribution is -2.43. The predicted octanol–water partition coefficient (Wildman–Crippen LogP) is 8.35. The number of nitro benzene ring substituents is 1. The van der Waals surface area contributed by atoms with E-state index in [0.717, 1.165) is 144 Å². The Morgan fingerprint density at radius 2 is 0.874 bits per heavy atom. The van der Waals surface area contributed by atoms with Crippen molar-refractivity contribution >= 4 is 51.0 Å². The molecule has 0 aliphatic carbocycles. The molecule has 5 N–H and O–H groups in total. The van der Waals surface area contributed by atoms with Gasteiger partial charge in [-0.15, -0.1) is 0 Å². The molecule has 27 heteroatoms. The van der Waals surface area contributed by atoms with E-state index in [1.54, 1.807) is 70.6 Å². The second-order valence-corrected chi connectivity index (χ2v) is 25.2. The molecule has 16 rings (SSSR count). The van der Waals surface area contributed by atoms with E-state index in [9.17, 15) is 38.1 Å². The fourth-order valence-corrected chi connectivity index (χ4v) is 12.8. The summed E-state index contributed by atoms with van der Waals surface area (Å²) in [5.74, 6) is 0.211. The van der Waals surface area contributed by atoms with Crippen LogP contribution in [0.4, 0.5) is 37.2 Å². The van der Waals surface area contributed by atoms with Crippen molar-refractivity contribution in [3.05, 3.63) is 251 Å². The number of anilines is 4. The molecule has 12 aromatic rings. The average Bonchev–Trinajstić information content (AvgIpc) is 0.795. The highest BCUT2D eigenvalue weighted by Gasteiger charge is 2.20. The second kappa shape index (κ2) is 31.8. The minimum atomic E-state index is -0.552. The second-order valence-electron chi connectivity index (χ2n) is 25.2. The standard InChI is InChI=1S/C21H23FN4O3.C19H20N4O.C18H17FN4O.C18H17N5O3/c1-28-18-4-3-13(9-19(18)29-2)17-11-20(27)26-12-15(10-16(22)21(26)25-17)24-14-5-7-23-8-6-14;1-14-3-2-4-15(11-14)17-12-19(24)23-13-16(5-6-18(23)21-17)22-9-7-20-8-10-22;19-14-3-1-13(2-4-14)16-11-18(24)23-12-15(5-6-17(23)21-16)22-9-7-20-8-10-22;24-18-11-16(13-1-3-14(4-2-13)23(25)26)20-17-6-5-15(12-22(17)18)21-9-7-19-8-10-21/h3-4,9-12,14,23-24H,5-8H2,1-2H3;2-6,11-13,20H,7-10H2,1H3;1-6,11-12,20H,7-10H2;1-6,11-12,19H,7-10H2. The van der Waals surface area contributed by atoms with E-state index in [-0.39, 0.29) is 45.4 Å². The number of halogens is 2. The summed E-state index contributed by atoms with van der Waals surface area (Å²) < 4.78 is 44.4. The highest BCUT2D eigenvalue weighted by Crippen LogP contribution is 2.32. The molecule has 103 heavy (non-hydrogen) atoms. The van der Waals surface area contributed by atoms with Gasteiger partial charge >= 0.3 is 0 Å². The quantitative estimate of drug-likeness (QED) is 0.0568. The molecule has 12 heterocycles. The number of aromatic nitrogens is 8. The Labute approximate surface area is 589 Å². The summed E-state index contributed by atoms with van der Waals surface area (Å²) in [6.07, 6.45) is 9.06. The Bertz CT molecular complexity index is 5300. The number of nitrogens with zero attached hydrogens (tertiary/aromatic N) is 12. The van der Waals surface area contributed by atoms with Crippen LogP contribution in [-0.2, 0) is 0 Å². The number of ether oxygens (including phenoxy) is 2. The van der Waals surface area contributed by atoms with Crippen molar-refractivity contribution < 1.29 is 23.2 Å². The molecule has 25 nitrogen and oxygen atoms in total. The largest absolute Gasteiger partial charge is 0.493 e. The molecule has 0 unspecified atom stereocenters. The van der Waals surface area contributed by atoms with Gasteiger partial charge in [0.1, 0.15) is 22.8 Å². The number of hydrogen-bond acceptors (Lipinski definition) is 20. The van der Waals surface area contributed by atoms with Gasteiger partial charge in [0.25, 0.3) is 27.9 Å². The Hall–Kier alpha value is -11.8. The molecular weight excluding hydrogens is 1320 g/mol. The van der Waals surface area contributed by atoms with Gasteiger partial charge in [-0.25, -0.2) is 28.7 Å². The maximum Gasteiger partial charge on any atom is 0.269 e. The van der Waals surface area contributed by atoms with Crippen LogP contribution >= 0.6 is 0 Å². The molecule has 4 aliphatic heterocycles. The van der Waals surface area contributed by atoms with Crippen molar-refractivity contribution in [3.63, 3.8) is 0 Å². The lowest BCUT2D eigenvalue weighted by molar-refractivity contribution is -0.384. The van der Waals surface area contributed by atoms with Gasteiger partial charge in [0.05, 0.1) is 64.7 Å². The van der Waals surface area contributed by atoms with Crippen LogP contribution in [0.25, 0.3) is 67.6 Å². The molecule has 528 valence electrons. The van der Waals surface area contributed by atoms with Gasteiger partial charge in [-0.05, 0) is 130 Å². The van der Waals surface area contributed by atoms with E-state index < -0.39 is 10.7 Å². The Morgan fingerprint density at radius 1 is 0.456 bits per heavy atom. The monoisotopic (exact) mass is 1390 g/mol. The third kappa shape index (κ3) is 16.5. The van der Waals surface area contributed by atoms with Gasteiger partial charge in [0.2, 0.25) is 0 Å². The molecular formula is C76H77F2N17O8. The zero-order valence-corrected chi connectivity index (χ0v) is 57.1. The zero-order chi connectivity index (χ0) is 71.5. The number of fused-ring (bicyclic) bond motifs is 4. The number of piperazine rings is 3. The van der Waals surface area contributed by atoms with Crippen LogP contribution in [0.5, 0.6) is 11.5 Å². The fraction of sp³-hybridized carbons (Fsp3) is 0.263. The molecule has 4 fully saturated rings. The number of pyridine rings is 4. The molecule has 0 radical (unpaired) electrons. The summed E-state index contributed by atoms with van der Waals surface area (Å²) in [6.45, 7) is 15.1. The van der Waals surface area contributed by atoms with Gasteiger partial charge in [0, 0.05) is 174 Å². The predicted molar refractivity (Wildman–Crippen MR) is 397 cm³/mol. The van der Waals surface area contributed by atoms with Gasteiger partial charge in [-0.3, -0.25) is 46.9 Å². The van der Waals surface area contributed by atoms with Crippen molar-refractivity contribution in [1.82, 2.24) is 58.8 Å². The van der Waals surface area contributed by atoms with Crippen LogP contribution in [0.3, 0.4) is 0 Å². The summed E-state index contributed by atoms with van der Waals surface area (Å²) in [6, 6.07) is 44.5. The molecule has 0 saturated carbocycles. The number of benzene rings is 4. The van der Waals surface area contributed by atoms with E-state index in [1.165, 1.54) is 64.4 Å². The van der Waals surface area contributed by atoms with E-state index in [4.69, 9.17) is 9.47 Å². The van der Waals surface area contributed by atoms with Crippen molar-refractivity contribution in [2.24, 2.45) is 0 Å². The first-order chi connectivity index (χ1) is 50.1. The number of aryl methyl sites for hydroxylation is 1. The fourth-order valence-electron chi connectivity index (χ4n) is 12.8. The topological polar surface area (TPSA) is 269 Å². The van der Waals surface area contributed by atoms with Gasteiger partial charge in [-0.2, -0.15) is 0 Å². The minimum absolute atomic E-state index is 0.00641. The lowest BCUT2D eigenvalue weighted by Gasteiger charge is -2.29. The molecule has 0 bridgehead atoms. The smallest absolute Gasteiger partial charge is 0.269 e. The van der Waals surface area contributed by atoms with Gasteiger partial charge in [0.15, 0.2) is 23.0 Å². The SMILES string of the molecule is COc1ccc(-c2cc(=O)n3cc(NC4CCNCC4)cc(F)c3n2)cc1OC.Cc1cccc(-c2cc(=O)n3cc(N4CCNCC4)ccc3n2)c1.O=c1cc(-c2ccc(F)cc2)nc2ccc(N3CCNCC3)cn12.O=c1cc(-c2ccc([N+](=O)[O-])cc2)nc2ccc(N3CCNCC3)cn12. The summed E-state index contributed by atoms with van der Waals surface area (Å²) in [5, 5.41) is 27.3. The molecule has 4 saturated heterocycles. The van der Waals surface area contributed by atoms with Crippen molar-refractivity contribution in [2.45, 2.75) is 25.8 Å². The molecule has 0 spiro atoms. The van der Waals surface area contributed by atoms with E-state index in [0.29, 0.717) is 62.3 Å². The third-order valence-corrected chi connectivity index (χ3v) is 18.3. The highest BCUT2D eigenvalue weighted by atomic mass is 19.1.